The zero-order valence-electron chi connectivity index (χ0n) is 16.4. The van der Waals surface area contributed by atoms with E-state index in [1.807, 2.05) is 24.3 Å². The maximum absolute atomic E-state index is 12.9. The highest BCUT2D eigenvalue weighted by Crippen LogP contribution is 2.23. The van der Waals surface area contributed by atoms with E-state index in [9.17, 15) is 19.2 Å². The second-order valence-electron chi connectivity index (χ2n) is 7.04. The van der Waals surface area contributed by atoms with Crippen LogP contribution in [0.5, 0.6) is 0 Å². The summed E-state index contributed by atoms with van der Waals surface area (Å²) in [5, 5.41) is 3.56. The number of hydrogen-bond acceptors (Lipinski definition) is 5. The number of ketones is 1. The van der Waals surface area contributed by atoms with Crippen LogP contribution in [0.1, 0.15) is 23.0 Å². The zero-order chi connectivity index (χ0) is 21.4. The Kier molecular flexibility index (Phi) is 4.83. The van der Waals surface area contributed by atoms with Gasteiger partial charge in [-0.2, -0.15) is 0 Å². The van der Waals surface area contributed by atoms with Gasteiger partial charge in [0.15, 0.2) is 6.10 Å². The van der Waals surface area contributed by atoms with Crippen molar-refractivity contribution in [3.05, 3.63) is 80.5 Å². The first-order valence-corrected chi connectivity index (χ1v) is 9.39. The Bertz CT molecular complexity index is 1410. The fraction of sp³-hybridized carbons (Fsp3) is 0.182. The van der Waals surface area contributed by atoms with E-state index in [-0.39, 0.29) is 16.6 Å². The van der Waals surface area contributed by atoms with Crippen molar-refractivity contribution in [1.82, 2.24) is 14.8 Å². The molecule has 1 atom stereocenters. The average Bonchev–Trinajstić information content (AvgIpc) is 3.06. The van der Waals surface area contributed by atoms with E-state index in [1.54, 1.807) is 19.1 Å². The van der Waals surface area contributed by atoms with Crippen LogP contribution in [0.4, 0.5) is 0 Å². The van der Waals surface area contributed by atoms with Crippen LogP contribution in [0.25, 0.3) is 21.7 Å². The average molecular weight is 405 g/mol. The van der Waals surface area contributed by atoms with E-state index in [1.165, 1.54) is 19.1 Å². The summed E-state index contributed by atoms with van der Waals surface area (Å²) < 4.78 is 6.16. The van der Waals surface area contributed by atoms with Crippen LogP contribution >= 0.6 is 0 Å². The van der Waals surface area contributed by atoms with Crippen LogP contribution in [0.15, 0.2) is 58.1 Å². The zero-order valence-corrected chi connectivity index (χ0v) is 16.4. The Labute approximate surface area is 170 Å². The second kappa shape index (κ2) is 7.47. The molecule has 8 heteroatoms. The summed E-state index contributed by atoms with van der Waals surface area (Å²) in [5.74, 6) is -1.15. The van der Waals surface area contributed by atoms with Crippen LogP contribution < -0.4 is 11.1 Å². The summed E-state index contributed by atoms with van der Waals surface area (Å²) in [6.45, 7) is 2.75. The van der Waals surface area contributed by atoms with Crippen LogP contribution in [-0.2, 0) is 16.1 Å². The lowest BCUT2D eigenvalue weighted by Gasteiger charge is -2.13. The van der Waals surface area contributed by atoms with Crippen molar-refractivity contribution in [1.29, 1.82) is 0 Å². The molecule has 0 bridgehead atoms. The minimum atomic E-state index is -1.06. The summed E-state index contributed by atoms with van der Waals surface area (Å²) in [5.41, 5.74) is 0.948. The van der Waals surface area contributed by atoms with Crippen LogP contribution in [-0.4, -0.2) is 32.6 Å². The number of hydrogen-bond donors (Lipinski definition) is 2. The molecule has 0 aliphatic carbocycles. The molecule has 152 valence electrons. The molecule has 8 nitrogen and oxygen atoms in total. The van der Waals surface area contributed by atoms with Crippen LogP contribution in [0.3, 0.4) is 0 Å². The SMILES string of the molecule is Cc1[nH]c2ccccc2c1C(=O)[C@H](C)OC(=O)Cn1[nH]c(=O)c2ccccc2c1=O. The fourth-order valence-corrected chi connectivity index (χ4v) is 3.57. The van der Waals surface area contributed by atoms with Gasteiger partial charge >= 0.3 is 5.97 Å². The third kappa shape index (κ3) is 3.32. The van der Waals surface area contributed by atoms with Gasteiger partial charge in [0, 0.05) is 22.2 Å². The maximum Gasteiger partial charge on any atom is 0.328 e. The number of para-hydroxylation sites is 1. The summed E-state index contributed by atoms with van der Waals surface area (Å²) in [6, 6.07) is 13.7. The number of carbonyl (C=O) groups is 2. The standard InChI is InChI=1S/C22H19N3O5/c1-12-19(16-9-5-6-10-17(16)23-12)20(27)13(2)30-18(26)11-25-22(29)15-8-4-3-7-14(15)21(28)24-25/h3-10,13,23H,11H2,1-2H3,(H,24,28)/t13-/m0/s1. The lowest BCUT2D eigenvalue weighted by molar-refractivity contribution is -0.147. The number of aryl methyl sites for hydroxylation is 1. The number of H-pyrrole nitrogens is 2. The second-order valence-corrected chi connectivity index (χ2v) is 7.04. The number of Topliss-reactive ketones (excluding diaryl/α,β-unsaturated/α-hetero) is 1. The predicted molar refractivity (Wildman–Crippen MR) is 112 cm³/mol. The van der Waals surface area contributed by atoms with E-state index >= 15 is 0 Å². The van der Waals surface area contributed by atoms with Crippen molar-refractivity contribution < 1.29 is 14.3 Å². The van der Waals surface area contributed by atoms with Gasteiger partial charge in [-0.25, -0.2) is 4.68 Å². The number of esters is 1. The van der Waals surface area contributed by atoms with Gasteiger partial charge in [-0.05, 0) is 32.0 Å². The molecule has 0 radical (unpaired) electrons. The highest BCUT2D eigenvalue weighted by molar-refractivity contribution is 6.11. The molecule has 0 unspecified atom stereocenters. The Morgan fingerprint density at radius 3 is 2.37 bits per heavy atom. The van der Waals surface area contributed by atoms with E-state index in [0.717, 1.165) is 15.6 Å². The van der Waals surface area contributed by atoms with Gasteiger partial charge in [0.05, 0.1) is 10.8 Å². The van der Waals surface area contributed by atoms with Crippen molar-refractivity contribution in [3.8, 4) is 0 Å². The number of benzene rings is 2. The van der Waals surface area contributed by atoms with Crippen molar-refractivity contribution >= 4 is 33.4 Å². The third-order valence-electron chi connectivity index (χ3n) is 4.99. The monoisotopic (exact) mass is 405 g/mol. The normalized spacial score (nSPS) is 12.2. The third-order valence-corrected chi connectivity index (χ3v) is 4.99. The van der Waals surface area contributed by atoms with Gasteiger partial charge in [0.1, 0.15) is 6.54 Å². The number of rotatable bonds is 5. The van der Waals surface area contributed by atoms with Crippen molar-refractivity contribution in [3.63, 3.8) is 0 Å². The van der Waals surface area contributed by atoms with E-state index in [2.05, 4.69) is 10.1 Å². The molecule has 4 rings (SSSR count). The molecule has 0 saturated carbocycles. The molecule has 30 heavy (non-hydrogen) atoms. The molecular weight excluding hydrogens is 386 g/mol. The van der Waals surface area contributed by atoms with Crippen molar-refractivity contribution in [2.75, 3.05) is 0 Å². The number of carbonyl (C=O) groups excluding carboxylic acids is 2. The van der Waals surface area contributed by atoms with E-state index in [0.29, 0.717) is 11.3 Å². The number of aromatic nitrogens is 3. The van der Waals surface area contributed by atoms with Gasteiger partial charge in [0.2, 0.25) is 5.78 Å². The minimum absolute atomic E-state index is 0.201. The van der Waals surface area contributed by atoms with Gasteiger partial charge in [-0.1, -0.05) is 30.3 Å². The summed E-state index contributed by atoms with van der Waals surface area (Å²) in [4.78, 5) is 53.1. The van der Waals surface area contributed by atoms with Gasteiger partial charge in [-0.15, -0.1) is 0 Å². The summed E-state index contributed by atoms with van der Waals surface area (Å²) in [6.07, 6.45) is -1.06. The first-order chi connectivity index (χ1) is 14.4. The van der Waals surface area contributed by atoms with E-state index in [4.69, 9.17) is 4.74 Å². The van der Waals surface area contributed by atoms with Gasteiger partial charge in [-0.3, -0.25) is 24.3 Å². The minimum Gasteiger partial charge on any atom is -0.453 e. The number of aromatic amines is 2. The number of fused-ring (bicyclic) bond motifs is 2. The van der Waals surface area contributed by atoms with Crippen molar-refractivity contribution in [2.24, 2.45) is 0 Å². The molecule has 2 heterocycles. The Morgan fingerprint density at radius 1 is 1.00 bits per heavy atom. The Hall–Kier alpha value is -3.94. The molecular formula is C22H19N3O5. The molecule has 2 aromatic heterocycles. The van der Waals surface area contributed by atoms with Crippen molar-refractivity contribution in [2.45, 2.75) is 26.5 Å². The lowest BCUT2D eigenvalue weighted by atomic mass is 10.0. The lowest BCUT2D eigenvalue weighted by Crippen LogP contribution is -2.34. The summed E-state index contributed by atoms with van der Waals surface area (Å²) in [7, 11) is 0. The highest BCUT2D eigenvalue weighted by Gasteiger charge is 2.24. The number of nitrogens with one attached hydrogen (secondary N) is 2. The van der Waals surface area contributed by atoms with E-state index < -0.39 is 29.7 Å². The summed E-state index contributed by atoms with van der Waals surface area (Å²) >= 11 is 0. The first kappa shape index (κ1) is 19.4. The number of nitrogens with zero attached hydrogens (tertiary/aromatic N) is 1. The van der Waals surface area contributed by atoms with Gasteiger partial charge in [0.25, 0.3) is 11.1 Å². The Balaban J connectivity index is 1.56. The molecule has 2 N–H and O–H groups in total. The quantitative estimate of drug-likeness (QED) is 0.391. The predicted octanol–water partition coefficient (Wildman–Crippen LogP) is 2.29. The largest absolute Gasteiger partial charge is 0.453 e. The molecule has 2 aromatic carbocycles. The molecule has 0 amide bonds. The molecule has 0 fully saturated rings. The molecule has 0 aliphatic rings. The maximum atomic E-state index is 12.9. The highest BCUT2D eigenvalue weighted by atomic mass is 16.5. The fourth-order valence-electron chi connectivity index (χ4n) is 3.57. The smallest absolute Gasteiger partial charge is 0.328 e. The molecule has 0 aliphatic heterocycles. The first-order valence-electron chi connectivity index (χ1n) is 9.39. The number of ether oxygens (including phenoxy) is 1. The van der Waals surface area contributed by atoms with Crippen LogP contribution in [0.2, 0.25) is 0 Å². The topological polar surface area (TPSA) is 114 Å². The molecule has 0 saturated heterocycles. The van der Waals surface area contributed by atoms with Gasteiger partial charge < -0.3 is 9.72 Å². The molecule has 4 aromatic rings. The van der Waals surface area contributed by atoms with Crippen LogP contribution in [0, 0.1) is 6.92 Å². The Morgan fingerprint density at radius 2 is 1.63 bits per heavy atom. The molecule has 0 spiro atoms.